The number of hydrogen-bond donors (Lipinski definition) is 2. The number of rotatable bonds is 8. The second kappa shape index (κ2) is 10.7. The Morgan fingerprint density at radius 2 is 2.09 bits per heavy atom. The van der Waals surface area contributed by atoms with Crippen molar-refractivity contribution < 1.29 is 28.7 Å². The van der Waals surface area contributed by atoms with Crippen molar-refractivity contribution in [2.75, 3.05) is 13.2 Å². The maximum absolute atomic E-state index is 13.4. The lowest BCUT2D eigenvalue weighted by Crippen LogP contribution is -2.56. The number of carbonyl (C=O) groups excluding carboxylic acids is 4. The topological polar surface area (TPSA) is 127 Å². The Hall–Kier alpha value is -3.01. The summed E-state index contributed by atoms with van der Waals surface area (Å²) >= 11 is 0. The Labute approximate surface area is 193 Å². The Balaban J connectivity index is 1.70. The monoisotopic (exact) mass is 460 g/mol. The van der Waals surface area contributed by atoms with Crippen LogP contribution in [0.4, 0.5) is 0 Å². The zero-order chi connectivity index (χ0) is 24.1. The van der Waals surface area contributed by atoms with Crippen LogP contribution in [0.1, 0.15) is 56.1 Å². The summed E-state index contributed by atoms with van der Waals surface area (Å²) in [6.45, 7) is 7.95. The molecule has 0 radical (unpaired) electrons. The van der Waals surface area contributed by atoms with Crippen LogP contribution >= 0.6 is 0 Å². The lowest BCUT2D eigenvalue weighted by molar-refractivity contribution is -0.164. The molecule has 0 saturated carbocycles. The third-order valence-electron chi connectivity index (χ3n) is 5.93. The van der Waals surface area contributed by atoms with Gasteiger partial charge < -0.3 is 25.0 Å². The first kappa shape index (κ1) is 24.6. The summed E-state index contributed by atoms with van der Waals surface area (Å²) in [4.78, 5) is 56.6. The number of amides is 3. The van der Waals surface area contributed by atoms with E-state index in [1.165, 1.54) is 4.90 Å². The Morgan fingerprint density at radius 3 is 2.76 bits per heavy atom. The number of pyridine rings is 1. The molecular weight excluding hydrogens is 428 g/mol. The Bertz CT molecular complexity index is 905. The normalized spacial score (nSPS) is 23.4. The summed E-state index contributed by atoms with van der Waals surface area (Å²) in [7, 11) is 0. The van der Waals surface area contributed by atoms with Crippen LogP contribution < -0.4 is 10.6 Å². The van der Waals surface area contributed by atoms with E-state index >= 15 is 0 Å². The number of ether oxygens (including phenoxy) is 2. The molecule has 0 unspecified atom stereocenters. The average molecular weight is 461 g/mol. The number of aromatic nitrogens is 1. The molecule has 10 heteroatoms. The van der Waals surface area contributed by atoms with E-state index in [4.69, 9.17) is 9.47 Å². The van der Waals surface area contributed by atoms with Crippen molar-refractivity contribution in [2.24, 2.45) is 5.92 Å². The van der Waals surface area contributed by atoms with E-state index in [-0.39, 0.29) is 30.1 Å². The second-order valence-corrected chi connectivity index (χ2v) is 8.65. The van der Waals surface area contributed by atoms with Crippen molar-refractivity contribution in [1.29, 1.82) is 0 Å². The van der Waals surface area contributed by atoms with E-state index in [9.17, 15) is 19.2 Å². The molecule has 4 atom stereocenters. The molecule has 0 aromatic carbocycles. The third kappa shape index (κ3) is 5.68. The molecule has 2 N–H and O–H groups in total. The van der Waals surface area contributed by atoms with Crippen molar-refractivity contribution >= 4 is 23.7 Å². The van der Waals surface area contributed by atoms with Gasteiger partial charge in [-0.05, 0) is 44.7 Å². The average Bonchev–Trinajstić information content (AvgIpc) is 3.38. The molecule has 1 aromatic heterocycles. The summed E-state index contributed by atoms with van der Waals surface area (Å²) in [5.74, 6) is -1.67. The second-order valence-electron chi connectivity index (χ2n) is 8.65. The SMILES string of the molecule is CCO[C@@H]1OC(=O)C[C@@H]1NC(=O)[C@@H]1CCCN1C(=O)[C@@H](NC(=O)c1cccnc1C)C(C)C. The number of aryl methyl sites for hydroxylation is 1. The van der Waals surface area contributed by atoms with Crippen molar-refractivity contribution in [3.63, 3.8) is 0 Å². The van der Waals surface area contributed by atoms with Crippen LogP contribution in [0.25, 0.3) is 0 Å². The fraction of sp³-hybridized carbons (Fsp3) is 0.609. The lowest BCUT2D eigenvalue weighted by Gasteiger charge is -2.31. The number of hydrogen-bond acceptors (Lipinski definition) is 7. The molecule has 2 aliphatic rings. The molecule has 10 nitrogen and oxygen atoms in total. The van der Waals surface area contributed by atoms with Crippen LogP contribution in [-0.4, -0.2) is 71.1 Å². The molecule has 33 heavy (non-hydrogen) atoms. The van der Waals surface area contributed by atoms with Gasteiger partial charge >= 0.3 is 5.97 Å². The van der Waals surface area contributed by atoms with E-state index in [1.54, 1.807) is 32.2 Å². The van der Waals surface area contributed by atoms with Crippen LogP contribution in [0.15, 0.2) is 18.3 Å². The van der Waals surface area contributed by atoms with Crippen molar-refractivity contribution in [3.8, 4) is 0 Å². The van der Waals surface area contributed by atoms with Crippen LogP contribution in [0.3, 0.4) is 0 Å². The number of nitrogens with zero attached hydrogens (tertiary/aromatic N) is 2. The summed E-state index contributed by atoms with van der Waals surface area (Å²) in [5.41, 5.74) is 0.972. The number of esters is 1. The third-order valence-corrected chi connectivity index (χ3v) is 5.93. The first-order valence-electron chi connectivity index (χ1n) is 11.4. The highest BCUT2D eigenvalue weighted by Gasteiger charge is 2.42. The van der Waals surface area contributed by atoms with Gasteiger partial charge in [0, 0.05) is 25.0 Å². The largest absolute Gasteiger partial charge is 0.433 e. The minimum Gasteiger partial charge on any atom is -0.433 e. The van der Waals surface area contributed by atoms with Crippen LogP contribution in [-0.2, 0) is 23.9 Å². The number of likely N-dealkylation sites (tertiary alicyclic amines) is 1. The molecule has 0 spiro atoms. The molecule has 180 valence electrons. The predicted octanol–water partition coefficient (Wildman–Crippen LogP) is 0.930. The molecule has 2 aliphatic heterocycles. The Kier molecular flexibility index (Phi) is 8.01. The van der Waals surface area contributed by atoms with Gasteiger partial charge in [-0.15, -0.1) is 0 Å². The van der Waals surface area contributed by atoms with Gasteiger partial charge in [-0.2, -0.15) is 0 Å². The van der Waals surface area contributed by atoms with Crippen molar-refractivity contribution in [1.82, 2.24) is 20.5 Å². The first-order chi connectivity index (χ1) is 15.7. The van der Waals surface area contributed by atoms with Gasteiger partial charge in [-0.1, -0.05) is 13.8 Å². The fourth-order valence-corrected chi connectivity index (χ4v) is 4.19. The minimum absolute atomic E-state index is 0.0201. The first-order valence-corrected chi connectivity index (χ1v) is 11.4. The molecule has 3 heterocycles. The van der Waals surface area contributed by atoms with Gasteiger partial charge in [0.15, 0.2) is 0 Å². The number of nitrogens with one attached hydrogen (secondary N) is 2. The summed E-state index contributed by atoms with van der Waals surface area (Å²) in [6, 6.07) is 1.25. The van der Waals surface area contributed by atoms with Gasteiger partial charge in [0.25, 0.3) is 5.91 Å². The highest BCUT2D eigenvalue weighted by molar-refractivity contribution is 5.99. The van der Waals surface area contributed by atoms with Crippen molar-refractivity contribution in [3.05, 3.63) is 29.6 Å². The highest BCUT2D eigenvalue weighted by atomic mass is 16.7. The van der Waals surface area contributed by atoms with E-state index in [0.29, 0.717) is 37.3 Å². The smallest absolute Gasteiger partial charge is 0.310 e. The van der Waals surface area contributed by atoms with Crippen LogP contribution in [0, 0.1) is 12.8 Å². The van der Waals surface area contributed by atoms with E-state index in [2.05, 4.69) is 15.6 Å². The maximum Gasteiger partial charge on any atom is 0.310 e. The predicted molar refractivity (Wildman–Crippen MR) is 118 cm³/mol. The molecule has 1 aromatic rings. The molecular formula is C23H32N4O6. The zero-order valence-corrected chi connectivity index (χ0v) is 19.5. The number of cyclic esters (lactones) is 1. The summed E-state index contributed by atoms with van der Waals surface area (Å²) in [5, 5.41) is 5.64. The Morgan fingerprint density at radius 1 is 1.33 bits per heavy atom. The van der Waals surface area contributed by atoms with E-state index < -0.39 is 30.4 Å². The minimum atomic E-state index is -0.831. The summed E-state index contributed by atoms with van der Waals surface area (Å²) < 4.78 is 10.5. The standard InChI is InChI=1S/C23H32N4O6/c1-5-32-23-16(12-18(28)33-23)25-21(30)17-9-7-11-27(17)22(31)19(13(2)3)26-20(29)15-8-6-10-24-14(15)4/h6,8,10,13,16-17,19,23H,5,7,9,11-12H2,1-4H3,(H,25,30)(H,26,29)/t16-,17-,19-,23+/m0/s1. The maximum atomic E-state index is 13.4. The van der Waals surface area contributed by atoms with Crippen LogP contribution in [0.2, 0.25) is 0 Å². The van der Waals surface area contributed by atoms with Gasteiger partial charge in [-0.3, -0.25) is 24.2 Å². The molecule has 3 amide bonds. The van der Waals surface area contributed by atoms with Gasteiger partial charge in [-0.25, -0.2) is 0 Å². The molecule has 0 bridgehead atoms. The van der Waals surface area contributed by atoms with Crippen molar-refractivity contribution in [2.45, 2.75) is 71.4 Å². The van der Waals surface area contributed by atoms with Crippen LogP contribution in [0.5, 0.6) is 0 Å². The zero-order valence-electron chi connectivity index (χ0n) is 19.5. The van der Waals surface area contributed by atoms with E-state index in [0.717, 1.165) is 0 Å². The van der Waals surface area contributed by atoms with Gasteiger partial charge in [0.2, 0.25) is 18.1 Å². The van der Waals surface area contributed by atoms with Gasteiger partial charge in [0.1, 0.15) is 18.1 Å². The lowest BCUT2D eigenvalue weighted by atomic mass is 10.0. The highest BCUT2D eigenvalue weighted by Crippen LogP contribution is 2.23. The fourth-order valence-electron chi connectivity index (χ4n) is 4.19. The molecule has 2 saturated heterocycles. The number of carbonyl (C=O) groups is 4. The molecule has 2 fully saturated rings. The van der Waals surface area contributed by atoms with Gasteiger partial charge in [0.05, 0.1) is 12.0 Å². The van der Waals surface area contributed by atoms with E-state index in [1.807, 2.05) is 13.8 Å². The summed E-state index contributed by atoms with van der Waals surface area (Å²) in [6.07, 6.45) is 1.95. The quantitative estimate of drug-likeness (QED) is 0.553. The molecule has 3 rings (SSSR count). The molecule has 0 aliphatic carbocycles.